The maximum Gasteiger partial charge on any atom is 0.331 e. The Hall–Kier alpha value is -3.28. The van der Waals surface area contributed by atoms with Crippen LogP contribution in [0.2, 0.25) is 0 Å². The number of hydrogen-bond acceptors (Lipinski definition) is 5. The second-order valence-corrected chi connectivity index (χ2v) is 6.72. The van der Waals surface area contributed by atoms with Crippen LogP contribution in [0.3, 0.4) is 0 Å². The van der Waals surface area contributed by atoms with Gasteiger partial charge >= 0.3 is 5.97 Å². The number of likely N-dealkylation sites (N-methyl/N-ethyl adjacent to an activating group) is 1. The Bertz CT molecular complexity index is 844. The molecule has 0 atom stereocenters. The van der Waals surface area contributed by atoms with E-state index < -0.39 is 5.97 Å². The van der Waals surface area contributed by atoms with Gasteiger partial charge in [0.05, 0.1) is 6.61 Å². The van der Waals surface area contributed by atoms with Crippen molar-refractivity contribution in [3.63, 3.8) is 0 Å². The van der Waals surface area contributed by atoms with Crippen molar-refractivity contribution < 1.29 is 19.1 Å². The first-order valence-corrected chi connectivity index (χ1v) is 9.47. The normalized spacial score (nSPS) is 10.6. The Kier molecular flexibility index (Phi) is 8.27. The number of rotatable bonds is 9. The molecule has 2 aromatic carbocycles. The molecule has 29 heavy (non-hydrogen) atoms. The van der Waals surface area contributed by atoms with E-state index in [0.717, 1.165) is 16.8 Å². The first-order valence-electron chi connectivity index (χ1n) is 9.47. The molecule has 0 spiro atoms. The van der Waals surface area contributed by atoms with Crippen molar-refractivity contribution in [1.29, 1.82) is 0 Å². The summed E-state index contributed by atoms with van der Waals surface area (Å²) in [5.74, 6) is -0.151. The van der Waals surface area contributed by atoms with Crippen molar-refractivity contribution in [2.24, 2.45) is 0 Å². The maximum atomic E-state index is 12.2. The zero-order valence-electron chi connectivity index (χ0n) is 17.4. The summed E-state index contributed by atoms with van der Waals surface area (Å²) >= 11 is 0. The molecule has 154 valence electrons. The van der Waals surface area contributed by atoms with Crippen molar-refractivity contribution in [1.82, 2.24) is 4.90 Å². The molecule has 6 heteroatoms. The van der Waals surface area contributed by atoms with Crippen LogP contribution in [0, 0.1) is 0 Å². The van der Waals surface area contributed by atoms with E-state index >= 15 is 0 Å². The summed E-state index contributed by atoms with van der Waals surface area (Å²) in [7, 11) is 5.63. The van der Waals surface area contributed by atoms with Crippen LogP contribution in [0.5, 0.6) is 5.75 Å². The summed E-state index contributed by atoms with van der Waals surface area (Å²) in [5.41, 5.74) is 2.87. The van der Waals surface area contributed by atoms with E-state index in [1.165, 1.54) is 11.0 Å². The van der Waals surface area contributed by atoms with Crippen LogP contribution in [0.15, 0.2) is 54.6 Å². The lowest BCUT2D eigenvalue weighted by molar-refractivity contribution is -0.147. The molecule has 2 aromatic rings. The van der Waals surface area contributed by atoms with Crippen molar-refractivity contribution in [2.75, 3.05) is 39.3 Å². The number of carbonyl (C=O) groups excluding carboxylic acids is 2. The molecule has 2 rings (SSSR count). The van der Waals surface area contributed by atoms with Gasteiger partial charge in [-0.05, 0) is 36.8 Å². The van der Waals surface area contributed by atoms with Gasteiger partial charge in [0, 0.05) is 45.0 Å². The van der Waals surface area contributed by atoms with E-state index in [1.54, 1.807) is 13.1 Å². The molecule has 0 saturated heterocycles. The summed E-state index contributed by atoms with van der Waals surface area (Å²) < 4.78 is 10.6. The number of para-hydroxylation sites is 1. The quantitative estimate of drug-likeness (QED) is 0.480. The van der Waals surface area contributed by atoms with Crippen LogP contribution in [0.25, 0.3) is 6.08 Å². The third-order valence-corrected chi connectivity index (χ3v) is 4.25. The minimum absolute atomic E-state index is 0.266. The van der Waals surface area contributed by atoms with Crippen molar-refractivity contribution >= 4 is 23.6 Å². The molecule has 1 amide bonds. The number of nitrogens with zero attached hydrogens (tertiary/aromatic N) is 2. The topological polar surface area (TPSA) is 59.1 Å². The van der Waals surface area contributed by atoms with Crippen LogP contribution in [0.4, 0.5) is 5.69 Å². The third kappa shape index (κ3) is 6.99. The second kappa shape index (κ2) is 10.9. The lowest BCUT2D eigenvalue weighted by Gasteiger charge is -2.18. The summed E-state index contributed by atoms with van der Waals surface area (Å²) in [6, 6.07) is 15.3. The molecule has 0 aliphatic heterocycles. The number of benzene rings is 2. The van der Waals surface area contributed by atoms with Crippen molar-refractivity contribution in [2.45, 2.75) is 13.5 Å². The number of anilines is 1. The molecule has 0 aliphatic rings. The molecule has 0 bridgehead atoms. The highest BCUT2D eigenvalue weighted by Gasteiger charge is 2.12. The smallest absolute Gasteiger partial charge is 0.331 e. The Labute approximate surface area is 172 Å². The van der Waals surface area contributed by atoms with Gasteiger partial charge in [0.2, 0.25) is 0 Å². The minimum atomic E-state index is -0.576. The van der Waals surface area contributed by atoms with Gasteiger partial charge < -0.3 is 19.3 Å². The third-order valence-electron chi connectivity index (χ3n) is 4.25. The average Bonchev–Trinajstić information content (AvgIpc) is 2.71. The van der Waals surface area contributed by atoms with Crippen LogP contribution < -0.4 is 9.64 Å². The first kappa shape index (κ1) is 22.0. The minimum Gasteiger partial charge on any atom is -0.493 e. The maximum absolute atomic E-state index is 12.2. The van der Waals surface area contributed by atoms with Crippen LogP contribution in [0.1, 0.15) is 18.1 Å². The highest BCUT2D eigenvalue weighted by atomic mass is 16.5. The molecule has 0 saturated carbocycles. The van der Waals surface area contributed by atoms with Gasteiger partial charge in [-0.3, -0.25) is 4.79 Å². The number of hydrogen-bond donors (Lipinski definition) is 0. The van der Waals surface area contributed by atoms with E-state index in [4.69, 9.17) is 9.47 Å². The fourth-order valence-electron chi connectivity index (χ4n) is 2.62. The largest absolute Gasteiger partial charge is 0.493 e. The van der Waals surface area contributed by atoms with E-state index in [1.807, 2.05) is 74.4 Å². The summed E-state index contributed by atoms with van der Waals surface area (Å²) in [6.07, 6.45) is 2.92. The van der Waals surface area contributed by atoms with Crippen LogP contribution in [-0.4, -0.2) is 51.1 Å². The zero-order chi connectivity index (χ0) is 21.2. The van der Waals surface area contributed by atoms with E-state index in [2.05, 4.69) is 0 Å². The Morgan fingerprint density at radius 2 is 1.69 bits per heavy atom. The molecule has 6 nitrogen and oxygen atoms in total. The lowest BCUT2D eigenvalue weighted by Crippen LogP contribution is -2.30. The van der Waals surface area contributed by atoms with Gasteiger partial charge in [0.25, 0.3) is 5.91 Å². The van der Waals surface area contributed by atoms with Gasteiger partial charge in [-0.1, -0.05) is 30.3 Å². The summed E-state index contributed by atoms with van der Waals surface area (Å²) in [4.78, 5) is 27.7. The molecular formula is C23H28N2O4. The van der Waals surface area contributed by atoms with E-state index in [0.29, 0.717) is 18.9 Å². The number of carbonyl (C=O) groups is 2. The Morgan fingerprint density at radius 3 is 2.34 bits per heavy atom. The predicted molar refractivity (Wildman–Crippen MR) is 115 cm³/mol. The number of ether oxygens (including phenoxy) is 2. The fraction of sp³-hybridized carbons (Fsp3) is 0.304. The lowest BCUT2D eigenvalue weighted by atomic mass is 10.2. The molecule has 0 radical (unpaired) electrons. The highest BCUT2D eigenvalue weighted by Crippen LogP contribution is 2.19. The number of esters is 1. The molecule has 0 heterocycles. The van der Waals surface area contributed by atoms with Gasteiger partial charge in [-0.2, -0.15) is 0 Å². The highest BCUT2D eigenvalue weighted by molar-refractivity contribution is 5.89. The second-order valence-electron chi connectivity index (χ2n) is 6.72. The molecular weight excluding hydrogens is 368 g/mol. The van der Waals surface area contributed by atoms with Crippen LogP contribution in [-0.2, 0) is 20.9 Å². The Balaban J connectivity index is 1.84. The standard InChI is InChI=1S/C23H28N2O4/c1-5-28-21-9-7-6-8-19(21)12-15-23(27)29-17-22(26)25(4)16-18-10-13-20(14-11-18)24(2)3/h6-15H,5,16-17H2,1-4H3/b15-12+. The molecule has 0 aliphatic carbocycles. The molecule has 0 fully saturated rings. The van der Waals surface area contributed by atoms with Crippen LogP contribution >= 0.6 is 0 Å². The zero-order valence-corrected chi connectivity index (χ0v) is 17.4. The average molecular weight is 396 g/mol. The summed E-state index contributed by atoms with van der Waals surface area (Å²) in [5, 5.41) is 0. The van der Waals surface area contributed by atoms with Gasteiger partial charge in [0.15, 0.2) is 6.61 Å². The van der Waals surface area contributed by atoms with Gasteiger partial charge in [0.1, 0.15) is 5.75 Å². The SMILES string of the molecule is CCOc1ccccc1/C=C/C(=O)OCC(=O)N(C)Cc1ccc(N(C)C)cc1. The molecule has 0 N–H and O–H groups in total. The van der Waals surface area contributed by atoms with Crippen molar-refractivity contribution in [3.05, 3.63) is 65.7 Å². The first-order chi connectivity index (χ1) is 13.9. The molecule has 0 aromatic heterocycles. The van der Waals surface area contributed by atoms with E-state index in [9.17, 15) is 9.59 Å². The Morgan fingerprint density at radius 1 is 1.00 bits per heavy atom. The fourth-order valence-corrected chi connectivity index (χ4v) is 2.62. The number of amides is 1. The summed E-state index contributed by atoms with van der Waals surface area (Å²) in [6.45, 7) is 2.58. The van der Waals surface area contributed by atoms with Crippen molar-refractivity contribution in [3.8, 4) is 5.75 Å². The van der Waals surface area contributed by atoms with Gasteiger partial charge in [-0.25, -0.2) is 4.79 Å². The van der Waals surface area contributed by atoms with E-state index in [-0.39, 0.29) is 12.5 Å². The molecule has 0 unspecified atom stereocenters. The predicted octanol–water partition coefficient (Wildman–Crippen LogP) is 3.37. The monoisotopic (exact) mass is 396 g/mol. The van der Waals surface area contributed by atoms with Gasteiger partial charge in [-0.15, -0.1) is 0 Å².